The summed E-state index contributed by atoms with van der Waals surface area (Å²) >= 11 is 0. The highest BCUT2D eigenvalue weighted by molar-refractivity contribution is 8.78. The summed E-state index contributed by atoms with van der Waals surface area (Å²) in [7, 11) is 3.14. The number of hydrogen-bond acceptors (Lipinski definition) is 4. The van der Waals surface area contributed by atoms with Crippen molar-refractivity contribution < 1.29 is 9.59 Å². The number of hydrogen-bond donors (Lipinski definition) is 2. The number of nitrogens with one attached hydrogen (secondary N) is 2. The number of carbonyl (C=O) groups is 2. The fraction of sp³-hybridized carbons (Fsp3) is 0.632. The van der Waals surface area contributed by atoms with Crippen LogP contribution in [0, 0.1) is 22.7 Å². The first kappa shape index (κ1) is 36.5. The van der Waals surface area contributed by atoms with Gasteiger partial charge in [-0.25, -0.2) is 0 Å². The summed E-state index contributed by atoms with van der Waals surface area (Å²) in [5, 5.41) is 6.65. The monoisotopic (exact) mass is 638 g/mol. The maximum Gasteiger partial charge on any atom is 0.230 e. The Morgan fingerprint density at radius 3 is 1.75 bits per heavy atom. The lowest BCUT2D eigenvalue weighted by atomic mass is 9.67. The van der Waals surface area contributed by atoms with Crippen LogP contribution in [0.25, 0.3) is 0 Å². The Bertz CT molecular complexity index is 1120. The fourth-order valence-electron chi connectivity index (χ4n) is 7.41. The van der Waals surface area contributed by atoms with E-state index in [-0.39, 0.29) is 22.6 Å². The van der Waals surface area contributed by atoms with E-state index < -0.39 is 0 Å². The second kappa shape index (κ2) is 18.3. The Kier molecular flexibility index (Phi) is 15.2. The van der Waals surface area contributed by atoms with Gasteiger partial charge in [-0.1, -0.05) is 145 Å². The summed E-state index contributed by atoms with van der Waals surface area (Å²) in [4.78, 5) is 29.8. The first-order valence-corrected chi connectivity index (χ1v) is 19.5. The molecule has 0 radical (unpaired) electrons. The first-order valence-electron chi connectivity index (χ1n) is 17.4. The van der Waals surface area contributed by atoms with E-state index in [1.807, 2.05) is 18.2 Å². The zero-order valence-corrected chi connectivity index (χ0v) is 29.6. The molecular formula is C38H58N2O2S2. The van der Waals surface area contributed by atoms with E-state index in [2.05, 4.69) is 57.6 Å². The first-order chi connectivity index (χ1) is 21.3. The van der Waals surface area contributed by atoms with Crippen molar-refractivity contribution in [1.82, 2.24) is 5.32 Å². The van der Waals surface area contributed by atoms with Crippen LogP contribution in [-0.4, -0.2) is 11.8 Å². The smallest absolute Gasteiger partial charge is 0.230 e. The molecule has 1 aromatic rings. The number of benzene rings is 1. The lowest BCUT2D eigenvalue weighted by Crippen LogP contribution is -2.43. The quantitative estimate of drug-likeness (QED) is 0.132. The molecule has 2 fully saturated rings. The number of rotatable bonds is 17. The number of carbonyl (C=O) groups excluding carboxylic acids is 2. The van der Waals surface area contributed by atoms with Crippen LogP contribution in [0.5, 0.6) is 0 Å². The molecule has 4 nitrogen and oxygen atoms in total. The minimum Gasteiger partial charge on any atom is -0.325 e. The van der Waals surface area contributed by atoms with Gasteiger partial charge in [-0.05, 0) is 68.6 Å². The van der Waals surface area contributed by atoms with Crippen LogP contribution < -0.4 is 10.6 Å². The maximum atomic E-state index is 14.0. The molecule has 244 valence electrons. The van der Waals surface area contributed by atoms with E-state index in [1.54, 1.807) is 33.7 Å². The minimum absolute atomic E-state index is 0.131. The van der Waals surface area contributed by atoms with E-state index >= 15 is 0 Å². The standard InChI is InChI=1S/C38H58N2O2S2/c1-7-29(8-2)27-37(23-17-13-18-24-37)35(41)39-31(11-5)33(12-6)43-44-34-22-16-15-21-32(34)40-36(42)38(25-19-14-20-26-38)28-30(9-3)10-4/h11-12,15-16,21-22,29-30H,5-10,13-14,17-20,23-28H2,1-4H3,(H,39,41)(H,40,42)/b33-31-. The molecule has 6 heteroatoms. The van der Waals surface area contributed by atoms with Crippen LogP contribution in [0.1, 0.15) is 130 Å². The molecule has 0 atom stereocenters. The average molecular weight is 639 g/mol. The van der Waals surface area contributed by atoms with Gasteiger partial charge >= 0.3 is 0 Å². The number of anilines is 1. The summed E-state index contributed by atoms with van der Waals surface area (Å²) in [6.45, 7) is 17.1. The molecule has 2 aliphatic carbocycles. The third-order valence-electron chi connectivity index (χ3n) is 10.5. The molecule has 0 saturated heterocycles. The van der Waals surface area contributed by atoms with Gasteiger partial charge in [-0.3, -0.25) is 9.59 Å². The van der Waals surface area contributed by atoms with Crippen LogP contribution in [0.15, 0.2) is 65.1 Å². The molecule has 1 aromatic carbocycles. The predicted molar refractivity (Wildman–Crippen MR) is 192 cm³/mol. The van der Waals surface area contributed by atoms with Gasteiger partial charge in [0, 0.05) is 20.6 Å². The minimum atomic E-state index is -0.312. The molecule has 2 aliphatic rings. The van der Waals surface area contributed by atoms with Crippen LogP contribution in [0.4, 0.5) is 5.69 Å². The molecule has 0 aliphatic heterocycles. The van der Waals surface area contributed by atoms with Crippen molar-refractivity contribution in [2.75, 3.05) is 5.32 Å². The van der Waals surface area contributed by atoms with Gasteiger partial charge in [-0.15, -0.1) is 0 Å². The highest BCUT2D eigenvalue weighted by Crippen LogP contribution is 2.47. The van der Waals surface area contributed by atoms with E-state index in [9.17, 15) is 9.59 Å². The van der Waals surface area contributed by atoms with Crippen molar-refractivity contribution in [2.45, 2.75) is 135 Å². The summed E-state index contributed by atoms with van der Waals surface area (Å²) in [5.41, 5.74) is 0.970. The van der Waals surface area contributed by atoms with Crippen LogP contribution in [0.3, 0.4) is 0 Å². The molecule has 0 aromatic heterocycles. The van der Waals surface area contributed by atoms with Gasteiger partial charge in [0.25, 0.3) is 0 Å². The van der Waals surface area contributed by atoms with Gasteiger partial charge < -0.3 is 10.6 Å². The molecule has 3 rings (SSSR count). The highest BCUT2D eigenvalue weighted by Gasteiger charge is 2.42. The summed E-state index contributed by atoms with van der Waals surface area (Å²) < 4.78 is 0. The molecule has 0 unspecified atom stereocenters. The lowest BCUT2D eigenvalue weighted by molar-refractivity contribution is -0.133. The fourth-order valence-corrected chi connectivity index (χ4v) is 9.67. The van der Waals surface area contributed by atoms with E-state index in [1.165, 1.54) is 12.8 Å². The van der Waals surface area contributed by atoms with Gasteiger partial charge in [-0.2, -0.15) is 0 Å². The Balaban J connectivity index is 1.78. The number of para-hydroxylation sites is 1. The van der Waals surface area contributed by atoms with E-state index in [0.717, 1.165) is 105 Å². The molecule has 2 amide bonds. The second-order valence-corrected chi connectivity index (χ2v) is 15.4. The van der Waals surface area contributed by atoms with Gasteiger partial charge in [0.2, 0.25) is 11.8 Å². The predicted octanol–water partition coefficient (Wildman–Crippen LogP) is 11.6. The largest absolute Gasteiger partial charge is 0.325 e. The number of allylic oxidation sites excluding steroid dienone is 2. The van der Waals surface area contributed by atoms with Crippen molar-refractivity contribution in [1.29, 1.82) is 0 Å². The summed E-state index contributed by atoms with van der Waals surface area (Å²) in [6, 6.07) is 8.06. The van der Waals surface area contributed by atoms with E-state index in [4.69, 9.17) is 0 Å². The van der Waals surface area contributed by atoms with Gasteiger partial charge in [0.15, 0.2) is 0 Å². The molecule has 2 saturated carbocycles. The molecule has 0 heterocycles. The average Bonchev–Trinajstić information content (AvgIpc) is 3.07. The maximum absolute atomic E-state index is 14.0. The topological polar surface area (TPSA) is 58.2 Å². The molecule has 0 bridgehead atoms. The molecule has 0 spiro atoms. The third-order valence-corrected chi connectivity index (χ3v) is 13.0. The normalized spacial score (nSPS) is 18.4. The SMILES string of the molecule is C=C/C(NC(=O)C1(CC(CC)CC)CCCCC1)=C(\C=C)SSc1ccccc1NC(=O)C1(CC(CC)CC)CCCCC1. The Labute approximate surface area is 276 Å². The lowest BCUT2D eigenvalue weighted by Gasteiger charge is -2.38. The van der Waals surface area contributed by atoms with Crippen LogP contribution in [-0.2, 0) is 9.59 Å². The van der Waals surface area contributed by atoms with Gasteiger partial charge in [0.05, 0.1) is 11.4 Å². The van der Waals surface area contributed by atoms with Crippen molar-refractivity contribution in [2.24, 2.45) is 22.7 Å². The van der Waals surface area contributed by atoms with Crippen molar-refractivity contribution in [3.05, 3.63) is 60.2 Å². The molecule has 44 heavy (non-hydrogen) atoms. The van der Waals surface area contributed by atoms with Crippen LogP contribution >= 0.6 is 21.6 Å². The highest BCUT2D eigenvalue weighted by atomic mass is 33.1. The Hall–Kier alpha value is -1.92. The number of amides is 2. The van der Waals surface area contributed by atoms with E-state index in [0.29, 0.717) is 17.5 Å². The van der Waals surface area contributed by atoms with Crippen LogP contribution in [0.2, 0.25) is 0 Å². The summed E-state index contributed by atoms with van der Waals surface area (Å²) in [5.74, 6) is 1.45. The molecule has 2 N–H and O–H groups in total. The second-order valence-electron chi connectivity index (χ2n) is 13.2. The van der Waals surface area contributed by atoms with Crippen molar-refractivity contribution in [3.63, 3.8) is 0 Å². The van der Waals surface area contributed by atoms with Gasteiger partial charge in [0.1, 0.15) is 0 Å². The Morgan fingerprint density at radius 2 is 1.27 bits per heavy atom. The summed E-state index contributed by atoms with van der Waals surface area (Å²) in [6.07, 6.45) is 20.7. The van der Waals surface area contributed by atoms with Crippen molar-refractivity contribution >= 4 is 39.1 Å². The molecular weight excluding hydrogens is 581 g/mol. The zero-order valence-electron chi connectivity index (χ0n) is 28.0. The zero-order chi connectivity index (χ0) is 32.0. The van der Waals surface area contributed by atoms with Crippen molar-refractivity contribution in [3.8, 4) is 0 Å². The third kappa shape index (κ3) is 9.55. The Morgan fingerprint density at radius 1 is 0.773 bits per heavy atom.